The van der Waals surface area contributed by atoms with Gasteiger partial charge in [0.05, 0.1) is 5.92 Å². The number of rotatable bonds is 2. The Hall–Kier alpha value is -0.940. The van der Waals surface area contributed by atoms with Crippen LogP contribution in [0.2, 0.25) is 0 Å². The molecule has 0 bridgehead atoms. The van der Waals surface area contributed by atoms with Crippen LogP contribution in [0.3, 0.4) is 0 Å². The first-order valence-electron chi connectivity index (χ1n) is 6.09. The van der Waals surface area contributed by atoms with E-state index in [1.165, 1.54) is 6.42 Å². The van der Waals surface area contributed by atoms with Gasteiger partial charge in [-0.2, -0.15) is 4.98 Å². The van der Waals surface area contributed by atoms with Gasteiger partial charge in [0, 0.05) is 13.2 Å². The van der Waals surface area contributed by atoms with Crippen LogP contribution in [0.25, 0.3) is 0 Å². The Balaban J connectivity index is 1.71. The third kappa shape index (κ3) is 1.97. The van der Waals surface area contributed by atoms with Crippen LogP contribution in [-0.4, -0.2) is 29.8 Å². The molecule has 3 rings (SSSR count). The smallest absolute Gasteiger partial charge is 0.231 e. The molecular formula is C11H17N3O2. The summed E-state index contributed by atoms with van der Waals surface area (Å²) < 4.78 is 10.9. The van der Waals surface area contributed by atoms with Gasteiger partial charge in [0.2, 0.25) is 11.7 Å². The zero-order chi connectivity index (χ0) is 10.8. The van der Waals surface area contributed by atoms with Crippen molar-refractivity contribution >= 4 is 0 Å². The van der Waals surface area contributed by atoms with Crippen LogP contribution in [-0.2, 0) is 4.74 Å². The minimum Gasteiger partial charge on any atom is -0.370 e. The van der Waals surface area contributed by atoms with E-state index in [0.717, 1.165) is 50.7 Å². The Bertz CT molecular complexity index is 341. The zero-order valence-corrected chi connectivity index (χ0v) is 9.32. The molecule has 0 saturated carbocycles. The van der Waals surface area contributed by atoms with Crippen LogP contribution in [0.15, 0.2) is 4.52 Å². The molecule has 1 aromatic heterocycles. The van der Waals surface area contributed by atoms with E-state index < -0.39 is 0 Å². The maximum atomic E-state index is 5.54. The molecule has 0 radical (unpaired) electrons. The van der Waals surface area contributed by atoms with Crippen molar-refractivity contribution in [3.8, 4) is 0 Å². The van der Waals surface area contributed by atoms with E-state index in [4.69, 9.17) is 9.26 Å². The van der Waals surface area contributed by atoms with Gasteiger partial charge in [0.1, 0.15) is 6.10 Å². The van der Waals surface area contributed by atoms with Crippen molar-refractivity contribution < 1.29 is 9.26 Å². The van der Waals surface area contributed by atoms with Gasteiger partial charge in [0.15, 0.2) is 0 Å². The Morgan fingerprint density at radius 2 is 2.25 bits per heavy atom. The molecule has 0 amide bonds. The van der Waals surface area contributed by atoms with E-state index in [1.54, 1.807) is 0 Å². The molecule has 5 nitrogen and oxygen atoms in total. The Labute approximate surface area is 94.6 Å². The van der Waals surface area contributed by atoms with Crippen molar-refractivity contribution in [2.24, 2.45) is 0 Å². The Morgan fingerprint density at radius 3 is 3.00 bits per heavy atom. The van der Waals surface area contributed by atoms with Crippen molar-refractivity contribution in [3.05, 3.63) is 11.7 Å². The second-order valence-electron chi connectivity index (χ2n) is 4.54. The van der Waals surface area contributed by atoms with Gasteiger partial charge >= 0.3 is 0 Å². The minimum atomic E-state index is 0.0639. The number of hydrogen-bond donors (Lipinski definition) is 1. The van der Waals surface area contributed by atoms with Gasteiger partial charge in [-0.05, 0) is 32.2 Å². The molecule has 0 aliphatic carbocycles. The van der Waals surface area contributed by atoms with Crippen molar-refractivity contribution in [1.29, 1.82) is 0 Å². The summed E-state index contributed by atoms with van der Waals surface area (Å²) in [5, 5.41) is 7.39. The molecule has 1 aromatic rings. The van der Waals surface area contributed by atoms with Crippen LogP contribution < -0.4 is 5.32 Å². The van der Waals surface area contributed by atoms with Crippen LogP contribution in [0.5, 0.6) is 0 Å². The predicted molar refractivity (Wildman–Crippen MR) is 57.1 cm³/mol. The number of nitrogens with one attached hydrogen (secondary N) is 1. The molecule has 1 N–H and O–H groups in total. The molecule has 3 heterocycles. The highest BCUT2D eigenvalue weighted by atomic mass is 16.5. The van der Waals surface area contributed by atoms with Gasteiger partial charge in [0.25, 0.3) is 0 Å². The van der Waals surface area contributed by atoms with Gasteiger partial charge in [-0.25, -0.2) is 0 Å². The predicted octanol–water partition coefficient (Wildman–Crippen LogP) is 1.39. The quantitative estimate of drug-likeness (QED) is 0.821. The fraction of sp³-hybridized carbons (Fsp3) is 0.818. The van der Waals surface area contributed by atoms with Gasteiger partial charge < -0.3 is 14.6 Å². The lowest BCUT2D eigenvalue weighted by atomic mass is 10.00. The highest BCUT2D eigenvalue weighted by molar-refractivity contribution is 4.99. The number of nitrogens with zero attached hydrogens (tertiary/aromatic N) is 2. The summed E-state index contributed by atoms with van der Waals surface area (Å²) in [4.78, 5) is 4.47. The van der Waals surface area contributed by atoms with E-state index in [1.807, 2.05) is 0 Å². The third-order valence-corrected chi connectivity index (χ3v) is 3.32. The summed E-state index contributed by atoms with van der Waals surface area (Å²) >= 11 is 0. The average molecular weight is 223 g/mol. The number of hydrogen-bond acceptors (Lipinski definition) is 5. The van der Waals surface area contributed by atoms with Crippen molar-refractivity contribution in [3.63, 3.8) is 0 Å². The highest BCUT2D eigenvalue weighted by Crippen LogP contribution is 2.28. The van der Waals surface area contributed by atoms with E-state index in [0.29, 0.717) is 5.92 Å². The minimum absolute atomic E-state index is 0.0639. The lowest BCUT2D eigenvalue weighted by molar-refractivity contribution is 0.103. The number of aromatic nitrogens is 2. The second-order valence-corrected chi connectivity index (χ2v) is 4.54. The maximum Gasteiger partial charge on any atom is 0.231 e. The second kappa shape index (κ2) is 4.51. The fourth-order valence-electron chi connectivity index (χ4n) is 2.39. The fourth-order valence-corrected chi connectivity index (χ4v) is 2.39. The molecule has 88 valence electrons. The molecular weight excluding hydrogens is 206 g/mol. The number of piperidine rings is 1. The Kier molecular flexibility index (Phi) is 2.88. The van der Waals surface area contributed by atoms with E-state index in [-0.39, 0.29) is 6.10 Å². The zero-order valence-electron chi connectivity index (χ0n) is 9.32. The maximum absolute atomic E-state index is 5.54. The SMILES string of the molecule is C1CNCC(c2nc(C3CCCO3)no2)C1. The van der Waals surface area contributed by atoms with Crippen molar-refractivity contribution in [2.45, 2.75) is 37.7 Å². The third-order valence-electron chi connectivity index (χ3n) is 3.32. The molecule has 2 aliphatic heterocycles. The largest absolute Gasteiger partial charge is 0.370 e. The van der Waals surface area contributed by atoms with Gasteiger partial charge in [-0.15, -0.1) is 0 Å². The average Bonchev–Trinajstić information content (AvgIpc) is 3.01. The first kappa shape index (κ1) is 10.2. The molecule has 2 saturated heterocycles. The number of ether oxygens (including phenoxy) is 1. The standard InChI is InChI=1S/C11H17N3O2/c1-3-8(7-12-5-1)11-13-10(14-16-11)9-4-2-6-15-9/h8-9,12H,1-7H2. The first-order chi connectivity index (χ1) is 7.93. The van der Waals surface area contributed by atoms with E-state index >= 15 is 0 Å². The van der Waals surface area contributed by atoms with E-state index in [9.17, 15) is 0 Å². The monoisotopic (exact) mass is 223 g/mol. The molecule has 0 aromatic carbocycles. The summed E-state index contributed by atoms with van der Waals surface area (Å²) in [6, 6.07) is 0. The summed E-state index contributed by atoms with van der Waals surface area (Å²) in [7, 11) is 0. The first-order valence-corrected chi connectivity index (χ1v) is 6.09. The van der Waals surface area contributed by atoms with Crippen molar-refractivity contribution in [1.82, 2.24) is 15.5 Å². The molecule has 2 aliphatic rings. The molecule has 5 heteroatoms. The lowest BCUT2D eigenvalue weighted by Gasteiger charge is -2.18. The summed E-state index contributed by atoms with van der Waals surface area (Å²) in [6.45, 7) is 2.87. The molecule has 2 unspecified atom stereocenters. The summed E-state index contributed by atoms with van der Waals surface area (Å²) in [6.07, 6.45) is 4.50. The van der Waals surface area contributed by atoms with Crippen LogP contribution >= 0.6 is 0 Å². The molecule has 2 fully saturated rings. The van der Waals surface area contributed by atoms with Crippen LogP contribution in [0.1, 0.15) is 49.4 Å². The van der Waals surface area contributed by atoms with Gasteiger partial charge in [-0.1, -0.05) is 5.16 Å². The van der Waals surface area contributed by atoms with Crippen molar-refractivity contribution in [2.75, 3.05) is 19.7 Å². The molecule has 2 atom stereocenters. The Morgan fingerprint density at radius 1 is 1.25 bits per heavy atom. The normalized spacial score (nSPS) is 30.8. The topological polar surface area (TPSA) is 60.2 Å². The van der Waals surface area contributed by atoms with Crippen LogP contribution in [0.4, 0.5) is 0 Å². The highest BCUT2D eigenvalue weighted by Gasteiger charge is 2.26. The van der Waals surface area contributed by atoms with E-state index in [2.05, 4.69) is 15.5 Å². The lowest BCUT2D eigenvalue weighted by Crippen LogP contribution is -2.28. The van der Waals surface area contributed by atoms with Gasteiger partial charge in [-0.3, -0.25) is 0 Å². The molecule has 0 spiro atoms. The molecule has 16 heavy (non-hydrogen) atoms. The summed E-state index contributed by atoms with van der Waals surface area (Å²) in [5.41, 5.74) is 0. The summed E-state index contributed by atoms with van der Waals surface area (Å²) in [5.74, 6) is 1.90. The van der Waals surface area contributed by atoms with Crippen LogP contribution in [0, 0.1) is 0 Å².